The first kappa shape index (κ1) is 22.1. The fraction of sp³-hybridized carbons (Fsp3) is 0.450. The van der Waals surface area contributed by atoms with Gasteiger partial charge in [0.1, 0.15) is 10.3 Å². The standard InChI is InChI=1S/C20H26ClN3O3S2/c1-14(2)19(22-29(26,27)18-5-4-12-28-18)20(25)24-10-8-23(9-11-24)17-13-16(21)7-6-15(17)3/h4-7,12-14,19,22H,8-11H2,1-3H3. The summed E-state index contributed by atoms with van der Waals surface area (Å²) in [5.41, 5.74) is 2.21. The summed E-state index contributed by atoms with van der Waals surface area (Å²) in [7, 11) is -3.71. The Bertz CT molecular complexity index is 953. The number of piperazine rings is 1. The highest BCUT2D eigenvalue weighted by Gasteiger charge is 2.33. The second-order valence-corrected chi connectivity index (χ2v) is 10.8. The van der Waals surface area contributed by atoms with Gasteiger partial charge in [0.05, 0.1) is 0 Å². The maximum Gasteiger partial charge on any atom is 0.250 e. The van der Waals surface area contributed by atoms with Gasteiger partial charge in [-0.3, -0.25) is 4.79 Å². The minimum Gasteiger partial charge on any atom is -0.368 e. The number of rotatable bonds is 6. The van der Waals surface area contributed by atoms with Crippen LogP contribution in [-0.2, 0) is 14.8 Å². The number of thiophene rings is 1. The summed E-state index contributed by atoms with van der Waals surface area (Å²) >= 11 is 7.28. The van der Waals surface area contributed by atoms with Gasteiger partial charge in [0.25, 0.3) is 10.0 Å². The van der Waals surface area contributed by atoms with Crippen LogP contribution in [0.4, 0.5) is 5.69 Å². The van der Waals surface area contributed by atoms with Crippen LogP contribution in [0.2, 0.25) is 5.02 Å². The molecule has 1 fully saturated rings. The molecule has 1 amide bonds. The molecule has 0 aliphatic carbocycles. The van der Waals surface area contributed by atoms with Gasteiger partial charge in [0.15, 0.2) is 0 Å². The second-order valence-electron chi connectivity index (χ2n) is 7.52. The molecule has 0 spiro atoms. The van der Waals surface area contributed by atoms with Crippen molar-refractivity contribution in [2.75, 3.05) is 31.1 Å². The molecular formula is C20H26ClN3O3S2. The Morgan fingerprint density at radius 1 is 1.17 bits per heavy atom. The van der Waals surface area contributed by atoms with E-state index in [1.165, 1.54) is 0 Å². The molecule has 0 radical (unpaired) electrons. The molecule has 0 bridgehead atoms. The Kier molecular flexibility index (Phi) is 6.88. The van der Waals surface area contributed by atoms with Crippen LogP contribution in [0.5, 0.6) is 0 Å². The van der Waals surface area contributed by atoms with E-state index in [2.05, 4.69) is 9.62 Å². The summed E-state index contributed by atoms with van der Waals surface area (Å²) in [5.74, 6) is -0.340. The molecule has 1 aromatic carbocycles. The average Bonchev–Trinajstić information content (AvgIpc) is 3.23. The second kappa shape index (κ2) is 9.04. The molecule has 1 atom stereocenters. The van der Waals surface area contributed by atoms with Crippen molar-refractivity contribution in [1.82, 2.24) is 9.62 Å². The van der Waals surface area contributed by atoms with Crippen molar-refractivity contribution in [3.8, 4) is 0 Å². The Balaban J connectivity index is 1.68. The fourth-order valence-electron chi connectivity index (χ4n) is 3.40. The van der Waals surface area contributed by atoms with Crippen molar-refractivity contribution in [3.05, 3.63) is 46.3 Å². The van der Waals surface area contributed by atoms with Gasteiger partial charge in [-0.05, 0) is 42.0 Å². The van der Waals surface area contributed by atoms with Crippen LogP contribution in [-0.4, -0.2) is 51.4 Å². The van der Waals surface area contributed by atoms with Crippen molar-refractivity contribution >= 4 is 44.6 Å². The third kappa shape index (κ3) is 5.12. The molecule has 2 heterocycles. The molecule has 0 saturated carbocycles. The van der Waals surface area contributed by atoms with Crippen LogP contribution in [0, 0.1) is 12.8 Å². The predicted octanol–water partition coefficient (Wildman–Crippen LogP) is 3.36. The SMILES string of the molecule is Cc1ccc(Cl)cc1N1CCN(C(=O)C(NS(=O)(=O)c2cccs2)C(C)C)CC1. The quantitative estimate of drug-likeness (QED) is 0.725. The Hall–Kier alpha value is -1.61. The van der Waals surface area contributed by atoms with Crippen LogP contribution in [0.1, 0.15) is 19.4 Å². The smallest absolute Gasteiger partial charge is 0.250 e. The number of hydrogen-bond acceptors (Lipinski definition) is 5. The number of amides is 1. The lowest BCUT2D eigenvalue weighted by Crippen LogP contribution is -2.56. The zero-order valence-electron chi connectivity index (χ0n) is 16.8. The molecule has 1 saturated heterocycles. The summed E-state index contributed by atoms with van der Waals surface area (Å²) in [4.78, 5) is 17.1. The highest BCUT2D eigenvalue weighted by atomic mass is 35.5. The van der Waals surface area contributed by atoms with E-state index >= 15 is 0 Å². The molecule has 1 N–H and O–H groups in total. The summed E-state index contributed by atoms with van der Waals surface area (Å²) in [6.07, 6.45) is 0. The lowest BCUT2D eigenvalue weighted by Gasteiger charge is -2.38. The van der Waals surface area contributed by atoms with E-state index in [4.69, 9.17) is 11.6 Å². The number of benzene rings is 1. The monoisotopic (exact) mass is 455 g/mol. The number of sulfonamides is 1. The van der Waals surface area contributed by atoms with E-state index in [1.807, 2.05) is 39.0 Å². The van der Waals surface area contributed by atoms with Crippen LogP contribution in [0.3, 0.4) is 0 Å². The number of aryl methyl sites for hydroxylation is 1. The van der Waals surface area contributed by atoms with Gasteiger partial charge in [0.2, 0.25) is 5.91 Å². The molecule has 3 rings (SSSR count). The van der Waals surface area contributed by atoms with Crippen molar-refractivity contribution in [2.45, 2.75) is 31.0 Å². The van der Waals surface area contributed by atoms with E-state index in [1.54, 1.807) is 22.4 Å². The molecule has 9 heteroatoms. The van der Waals surface area contributed by atoms with Gasteiger partial charge in [-0.2, -0.15) is 4.72 Å². The summed E-state index contributed by atoms with van der Waals surface area (Å²) in [5, 5.41) is 2.39. The van der Waals surface area contributed by atoms with E-state index in [9.17, 15) is 13.2 Å². The first-order chi connectivity index (χ1) is 13.7. The molecule has 2 aromatic rings. The normalized spacial score (nSPS) is 16.3. The summed E-state index contributed by atoms with van der Waals surface area (Å²) in [6.45, 7) is 8.17. The van der Waals surface area contributed by atoms with Gasteiger partial charge in [-0.15, -0.1) is 11.3 Å². The van der Waals surface area contributed by atoms with Gasteiger partial charge in [-0.25, -0.2) is 8.42 Å². The zero-order valence-corrected chi connectivity index (χ0v) is 19.1. The molecule has 158 valence electrons. The average molecular weight is 456 g/mol. The maximum atomic E-state index is 13.1. The number of carbonyl (C=O) groups is 1. The third-order valence-electron chi connectivity index (χ3n) is 5.08. The van der Waals surface area contributed by atoms with Gasteiger partial charge >= 0.3 is 0 Å². The minimum atomic E-state index is -3.71. The predicted molar refractivity (Wildman–Crippen MR) is 118 cm³/mol. The molecular weight excluding hydrogens is 430 g/mol. The highest BCUT2D eigenvalue weighted by molar-refractivity contribution is 7.91. The first-order valence-corrected chi connectivity index (χ1v) is 12.3. The van der Waals surface area contributed by atoms with E-state index in [0.29, 0.717) is 31.2 Å². The Labute approximate surface area is 181 Å². The van der Waals surface area contributed by atoms with Gasteiger partial charge < -0.3 is 9.80 Å². The lowest BCUT2D eigenvalue weighted by molar-refractivity contribution is -0.134. The molecule has 1 aliphatic rings. The van der Waals surface area contributed by atoms with Crippen LogP contribution in [0.15, 0.2) is 39.9 Å². The number of nitrogens with zero attached hydrogens (tertiary/aromatic N) is 2. The van der Waals surface area contributed by atoms with Crippen LogP contribution < -0.4 is 9.62 Å². The van der Waals surface area contributed by atoms with Crippen LogP contribution >= 0.6 is 22.9 Å². The summed E-state index contributed by atoms with van der Waals surface area (Å²) < 4.78 is 28.1. The minimum absolute atomic E-state index is 0.162. The number of halogens is 1. The first-order valence-electron chi connectivity index (χ1n) is 9.55. The third-order valence-corrected chi connectivity index (χ3v) is 8.15. The Morgan fingerprint density at radius 2 is 1.86 bits per heavy atom. The number of hydrogen-bond donors (Lipinski definition) is 1. The van der Waals surface area contributed by atoms with Gasteiger partial charge in [0, 0.05) is 36.9 Å². The lowest BCUT2D eigenvalue weighted by atomic mass is 10.0. The van der Waals surface area contributed by atoms with Crippen molar-refractivity contribution in [2.24, 2.45) is 5.92 Å². The van der Waals surface area contributed by atoms with Crippen molar-refractivity contribution in [1.29, 1.82) is 0 Å². The van der Waals surface area contributed by atoms with Crippen molar-refractivity contribution < 1.29 is 13.2 Å². The Morgan fingerprint density at radius 3 is 2.45 bits per heavy atom. The molecule has 1 unspecified atom stereocenters. The topological polar surface area (TPSA) is 69.7 Å². The summed E-state index contributed by atoms with van der Waals surface area (Å²) in [6, 6.07) is 8.24. The molecule has 29 heavy (non-hydrogen) atoms. The number of carbonyl (C=O) groups excluding carboxylic acids is 1. The maximum absolute atomic E-state index is 13.1. The zero-order chi connectivity index (χ0) is 21.2. The fourth-order valence-corrected chi connectivity index (χ4v) is 5.91. The molecule has 1 aliphatic heterocycles. The van der Waals surface area contributed by atoms with E-state index in [-0.39, 0.29) is 16.0 Å². The van der Waals surface area contributed by atoms with Crippen molar-refractivity contribution in [3.63, 3.8) is 0 Å². The highest BCUT2D eigenvalue weighted by Crippen LogP contribution is 2.26. The number of anilines is 1. The molecule has 1 aromatic heterocycles. The van der Waals surface area contributed by atoms with Gasteiger partial charge in [-0.1, -0.05) is 37.6 Å². The number of nitrogens with one attached hydrogen (secondary N) is 1. The largest absolute Gasteiger partial charge is 0.368 e. The van der Waals surface area contributed by atoms with E-state index < -0.39 is 16.1 Å². The van der Waals surface area contributed by atoms with Crippen LogP contribution in [0.25, 0.3) is 0 Å². The molecule has 6 nitrogen and oxygen atoms in total. The van der Waals surface area contributed by atoms with E-state index in [0.717, 1.165) is 22.6 Å².